The molecule has 0 saturated heterocycles. The minimum Gasteiger partial charge on any atom is -0.494 e. The number of aromatic nitrogens is 3. The Balaban J connectivity index is 1.90. The van der Waals surface area contributed by atoms with E-state index in [9.17, 15) is 5.11 Å². The Morgan fingerprint density at radius 3 is 2.89 bits per heavy atom. The summed E-state index contributed by atoms with van der Waals surface area (Å²) in [7, 11) is 0. The van der Waals surface area contributed by atoms with E-state index in [0.717, 1.165) is 24.2 Å². The second-order valence-corrected chi connectivity index (χ2v) is 6.07. The standard InChI is InChI=1S/C20H24N4O3/c1-3-5-6-10-27-17-12-16-18(19(21)22-17)23-20(25)24(16)13-14-8-7-9-15(11-14)26-4-2/h3,7-9,11-12H,1,4-6,10,13H2,2H3,(H2,21,22)(H,23,25). The molecule has 0 aliphatic heterocycles. The number of nitrogens with two attached hydrogens (primary N) is 1. The lowest BCUT2D eigenvalue weighted by atomic mass is 10.2. The van der Waals surface area contributed by atoms with Gasteiger partial charge in [0.05, 0.1) is 25.3 Å². The first-order valence-electron chi connectivity index (χ1n) is 8.93. The smallest absolute Gasteiger partial charge is 0.295 e. The van der Waals surface area contributed by atoms with Gasteiger partial charge >= 0.3 is 0 Å². The molecule has 3 N–H and O–H groups in total. The number of unbranched alkanes of at least 4 members (excludes halogenated alkanes) is 1. The first-order chi connectivity index (χ1) is 13.1. The molecule has 27 heavy (non-hydrogen) atoms. The van der Waals surface area contributed by atoms with Crippen molar-refractivity contribution < 1.29 is 14.6 Å². The average Bonchev–Trinajstić information content (AvgIpc) is 2.96. The first kappa shape index (κ1) is 18.6. The van der Waals surface area contributed by atoms with Crippen molar-refractivity contribution in [1.82, 2.24) is 14.5 Å². The number of hydrogen-bond donors (Lipinski definition) is 2. The number of rotatable bonds is 9. The molecule has 0 radical (unpaired) electrons. The van der Waals surface area contributed by atoms with Gasteiger partial charge in [0.1, 0.15) is 11.3 Å². The van der Waals surface area contributed by atoms with Crippen molar-refractivity contribution in [3.63, 3.8) is 0 Å². The second kappa shape index (κ2) is 8.44. The summed E-state index contributed by atoms with van der Waals surface area (Å²) in [6.07, 6.45) is 3.56. The number of nitrogen functional groups attached to an aromatic ring is 1. The van der Waals surface area contributed by atoms with Crippen LogP contribution in [-0.2, 0) is 6.54 Å². The number of hydrogen-bond acceptors (Lipinski definition) is 6. The van der Waals surface area contributed by atoms with Crippen molar-refractivity contribution in [3.8, 4) is 17.6 Å². The average molecular weight is 368 g/mol. The summed E-state index contributed by atoms with van der Waals surface area (Å²) in [5.41, 5.74) is 8.10. The monoisotopic (exact) mass is 368 g/mol. The largest absolute Gasteiger partial charge is 0.494 e. The lowest BCUT2D eigenvalue weighted by molar-refractivity contribution is 0.301. The number of aromatic hydroxyl groups is 1. The van der Waals surface area contributed by atoms with Crippen LogP contribution >= 0.6 is 0 Å². The molecule has 0 amide bonds. The molecule has 7 heteroatoms. The Labute approximate surface area is 158 Å². The predicted octanol–water partition coefficient (Wildman–Crippen LogP) is 3.51. The van der Waals surface area contributed by atoms with Gasteiger partial charge in [0.15, 0.2) is 5.82 Å². The summed E-state index contributed by atoms with van der Waals surface area (Å²) in [5, 5.41) is 10.3. The third-order valence-corrected chi connectivity index (χ3v) is 4.07. The van der Waals surface area contributed by atoms with Crippen LogP contribution < -0.4 is 15.2 Å². The van der Waals surface area contributed by atoms with Gasteiger partial charge in [-0.15, -0.1) is 6.58 Å². The molecule has 1 aromatic carbocycles. The number of ether oxygens (including phenoxy) is 2. The van der Waals surface area contributed by atoms with Crippen LogP contribution in [0.1, 0.15) is 25.3 Å². The Morgan fingerprint density at radius 1 is 1.26 bits per heavy atom. The number of pyridine rings is 1. The zero-order chi connectivity index (χ0) is 19.2. The highest BCUT2D eigenvalue weighted by Gasteiger charge is 2.16. The van der Waals surface area contributed by atoms with Gasteiger partial charge in [0.2, 0.25) is 5.88 Å². The fraction of sp³-hybridized carbons (Fsp3) is 0.300. The van der Waals surface area contributed by atoms with Crippen LogP contribution in [0.25, 0.3) is 11.0 Å². The maximum absolute atomic E-state index is 10.3. The van der Waals surface area contributed by atoms with E-state index in [1.165, 1.54) is 0 Å². The molecule has 2 aromatic heterocycles. The highest BCUT2D eigenvalue weighted by molar-refractivity contribution is 5.87. The fourth-order valence-corrected chi connectivity index (χ4v) is 2.83. The summed E-state index contributed by atoms with van der Waals surface area (Å²) < 4.78 is 12.9. The highest BCUT2D eigenvalue weighted by atomic mass is 16.5. The van der Waals surface area contributed by atoms with E-state index < -0.39 is 0 Å². The van der Waals surface area contributed by atoms with Gasteiger partial charge in [-0.3, -0.25) is 4.57 Å². The summed E-state index contributed by atoms with van der Waals surface area (Å²) in [5.74, 6) is 1.42. The van der Waals surface area contributed by atoms with Gasteiger partial charge in [-0.2, -0.15) is 9.97 Å². The van der Waals surface area contributed by atoms with Crippen LogP contribution in [0.3, 0.4) is 0 Å². The van der Waals surface area contributed by atoms with E-state index in [2.05, 4.69) is 16.5 Å². The van der Waals surface area contributed by atoms with Crippen molar-refractivity contribution in [1.29, 1.82) is 0 Å². The van der Waals surface area contributed by atoms with Crippen molar-refractivity contribution in [2.75, 3.05) is 18.9 Å². The van der Waals surface area contributed by atoms with E-state index in [4.69, 9.17) is 15.2 Å². The molecule has 7 nitrogen and oxygen atoms in total. The van der Waals surface area contributed by atoms with Crippen LogP contribution in [-0.4, -0.2) is 32.9 Å². The molecule has 0 spiro atoms. The molecule has 0 saturated carbocycles. The maximum Gasteiger partial charge on any atom is 0.295 e. The van der Waals surface area contributed by atoms with Crippen LogP contribution in [0.2, 0.25) is 0 Å². The van der Waals surface area contributed by atoms with Crippen molar-refractivity contribution >= 4 is 16.9 Å². The molecule has 0 fully saturated rings. The van der Waals surface area contributed by atoms with Crippen LogP contribution in [0.5, 0.6) is 17.6 Å². The minimum absolute atomic E-state index is 0.121. The molecular weight excluding hydrogens is 344 g/mol. The topological polar surface area (TPSA) is 95.4 Å². The molecular formula is C20H24N4O3. The Morgan fingerprint density at radius 2 is 2.11 bits per heavy atom. The van der Waals surface area contributed by atoms with E-state index in [-0.39, 0.29) is 11.8 Å². The van der Waals surface area contributed by atoms with Crippen molar-refractivity contribution in [2.45, 2.75) is 26.3 Å². The zero-order valence-electron chi connectivity index (χ0n) is 15.4. The van der Waals surface area contributed by atoms with Gasteiger partial charge in [-0.05, 0) is 37.5 Å². The third-order valence-electron chi connectivity index (χ3n) is 4.07. The SMILES string of the molecule is C=CCCCOc1cc2c(nc(O)n2Cc2cccc(OCC)c2)c(N)n1. The third kappa shape index (κ3) is 4.31. The van der Waals surface area contributed by atoms with E-state index >= 15 is 0 Å². The second-order valence-electron chi connectivity index (χ2n) is 6.07. The minimum atomic E-state index is -0.121. The van der Waals surface area contributed by atoms with Crippen LogP contribution in [0.15, 0.2) is 43.0 Å². The number of benzene rings is 1. The molecule has 0 atom stereocenters. The van der Waals surface area contributed by atoms with Crippen molar-refractivity contribution in [3.05, 3.63) is 48.6 Å². The van der Waals surface area contributed by atoms with E-state index in [1.807, 2.05) is 37.3 Å². The zero-order valence-corrected chi connectivity index (χ0v) is 15.4. The van der Waals surface area contributed by atoms with Gasteiger partial charge < -0.3 is 20.3 Å². The first-order valence-corrected chi connectivity index (χ1v) is 8.93. The van der Waals surface area contributed by atoms with Gasteiger partial charge in [-0.1, -0.05) is 18.2 Å². The molecule has 0 unspecified atom stereocenters. The normalized spacial score (nSPS) is 10.9. The molecule has 0 aliphatic carbocycles. The maximum atomic E-state index is 10.3. The summed E-state index contributed by atoms with van der Waals surface area (Å²) >= 11 is 0. The van der Waals surface area contributed by atoms with Gasteiger partial charge in [0, 0.05) is 6.07 Å². The highest BCUT2D eigenvalue weighted by Crippen LogP contribution is 2.29. The molecule has 3 aromatic rings. The van der Waals surface area contributed by atoms with E-state index in [1.54, 1.807) is 10.6 Å². The lowest BCUT2D eigenvalue weighted by Crippen LogP contribution is -2.03. The quantitative estimate of drug-likeness (QED) is 0.443. The molecule has 2 heterocycles. The Kier molecular flexibility index (Phi) is 5.80. The van der Waals surface area contributed by atoms with Gasteiger partial charge in [-0.25, -0.2) is 0 Å². The van der Waals surface area contributed by atoms with E-state index in [0.29, 0.717) is 36.7 Å². The number of fused-ring (bicyclic) bond motifs is 1. The van der Waals surface area contributed by atoms with Crippen LogP contribution in [0, 0.1) is 0 Å². The summed E-state index contributed by atoms with van der Waals surface area (Å²) in [6.45, 7) is 7.16. The number of nitrogens with zero attached hydrogens (tertiary/aromatic N) is 3. The number of anilines is 1. The van der Waals surface area contributed by atoms with Gasteiger partial charge in [0.25, 0.3) is 6.01 Å². The fourth-order valence-electron chi connectivity index (χ4n) is 2.83. The number of imidazole rings is 1. The molecule has 0 bridgehead atoms. The molecule has 3 rings (SSSR count). The van der Waals surface area contributed by atoms with Crippen molar-refractivity contribution in [2.24, 2.45) is 0 Å². The predicted molar refractivity (Wildman–Crippen MR) is 105 cm³/mol. The Bertz CT molecular complexity index is 936. The number of allylic oxidation sites excluding steroid dienone is 1. The summed E-state index contributed by atoms with van der Waals surface area (Å²) in [4.78, 5) is 8.37. The molecule has 142 valence electrons. The lowest BCUT2D eigenvalue weighted by Gasteiger charge is -2.10. The Hall–Kier alpha value is -3.22. The van der Waals surface area contributed by atoms with Crippen LogP contribution in [0.4, 0.5) is 5.82 Å². The molecule has 0 aliphatic rings. The summed E-state index contributed by atoms with van der Waals surface area (Å²) in [6, 6.07) is 9.34.